The fourth-order valence-electron chi connectivity index (χ4n) is 5.61. The summed E-state index contributed by atoms with van der Waals surface area (Å²) < 4.78 is 2.08. The average Bonchev–Trinajstić information content (AvgIpc) is 3.17. The first kappa shape index (κ1) is 19.1. The van der Waals surface area contributed by atoms with Gasteiger partial charge in [0.1, 0.15) is 5.65 Å². The molecule has 2 atom stereocenters. The fraction of sp³-hybridized carbons (Fsp3) is 0.652. The summed E-state index contributed by atoms with van der Waals surface area (Å²) in [5.41, 5.74) is 2.13. The zero-order valence-electron chi connectivity index (χ0n) is 17.4. The van der Waals surface area contributed by atoms with Crippen molar-refractivity contribution in [2.24, 2.45) is 5.92 Å². The third kappa shape index (κ3) is 4.19. The van der Waals surface area contributed by atoms with E-state index < -0.39 is 0 Å². The molecule has 2 aromatic heterocycles. The third-order valence-corrected chi connectivity index (χ3v) is 7.19. The summed E-state index contributed by atoms with van der Waals surface area (Å²) >= 11 is 0. The molecule has 1 saturated carbocycles. The molecule has 0 spiro atoms. The van der Waals surface area contributed by atoms with Crippen LogP contribution in [0, 0.1) is 5.92 Å². The summed E-state index contributed by atoms with van der Waals surface area (Å²) in [6.45, 7) is 6.43. The van der Waals surface area contributed by atoms with Crippen LogP contribution in [0.5, 0.6) is 0 Å². The number of carbonyl (C=O) groups excluding carboxylic acids is 1. The van der Waals surface area contributed by atoms with Crippen LogP contribution in [0.2, 0.25) is 0 Å². The highest BCUT2D eigenvalue weighted by atomic mass is 16.2. The number of rotatable bonds is 4. The summed E-state index contributed by atoms with van der Waals surface area (Å²) in [6.07, 6.45) is 11.9. The lowest BCUT2D eigenvalue weighted by molar-refractivity contribution is -0.139. The Hall–Kier alpha value is -1.92. The number of fused-ring (bicyclic) bond motifs is 2. The molecule has 4 heterocycles. The van der Waals surface area contributed by atoms with Crippen LogP contribution in [0.15, 0.2) is 30.6 Å². The van der Waals surface area contributed by atoms with Crippen molar-refractivity contribution in [3.63, 3.8) is 0 Å². The van der Waals surface area contributed by atoms with Gasteiger partial charge in [-0.3, -0.25) is 14.6 Å². The second-order valence-corrected chi connectivity index (χ2v) is 9.09. The van der Waals surface area contributed by atoms with Gasteiger partial charge in [0.25, 0.3) is 0 Å². The van der Waals surface area contributed by atoms with Crippen molar-refractivity contribution in [3.05, 3.63) is 36.3 Å². The number of piperazine rings is 1. The van der Waals surface area contributed by atoms with E-state index >= 15 is 0 Å². The van der Waals surface area contributed by atoms with E-state index in [2.05, 4.69) is 25.3 Å². The lowest BCUT2D eigenvalue weighted by Gasteiger charge is -2.45. The second-order valence-electron chi connectivity index (χ2n) is 9.09. The number of amides is 1. The highest BCUT2D eigenvalue weighted by molar-refractivity contribution is 5.78. The number of pyridine rings is 1. The van der Waals surface area contributed by atoms with Gasteiger partial charge in [0.15, 0.2) is 0 Å². The monoisotopic (exact) mass is 395 g/mol. The molecule has 2 aromatic rings. The maximum Gasteiger partial charge on any atom is 0.237 e. The Morgan fingerprint density at radius 3 is 2.62 bits per heavy atom. The SMILES string of the molecule is O=C(CN1CCN(Cc2cn3ccccc3n2)CC1)N1CCC[C@H]2CCCC[C@H]21. The van der Waals surface area contributed by atoms with Crippen molar-refractivity contribution < 1.29 is 4.79 Å². The molecule has 2 aliphatic heterocycles. The van der Waals surface area contributed by atoms with Crippen molar-refractivity contribution in [1.29, 1.82) is 0 Å². The fourth-order valence-corrected chi connectivity index (χ4v) is 5.61. The van der Waals surface area contributed by atoms with Gasteiger partial charge in [-0.05, 0) is 43.7 Å². The molecule has 3 fully saturated rings. The zero-order valence-corrected chi connectivity index (χ0v) is 17.4. The summed E-state index contributed by atoms with van der Waals surface area (Å²) in [6, 6.07) is 6.64. The van der Waals surface area contributed by atoms with Gasteiger partial charge in [0.05, 0.1) is 12.2 Å². The predicted octanol–water partition coefficient (Wildman–Crippen LogP) is 2.63. The first-order valence-electron chi connectivity index (χ1n) is 11.4. The van der Waals surface area contributed by atoms with Crippen LogP contribution in [0.4, 0.5) is 0 Å². The average molecular weight is 396 g/mol. The van der Waals surface area contributed by atoms with Crippen molar-refractivity contribution in [3.8, 4) is 0 Å². The maximum atomic E-state index is 13.1. The lowest BCUT2D eigenvalue weighted by atomic mass is 9.78. The van der Waals surface area contributed by atoms with Gasteiger partial charge in [0, 0.05) is 57.7 Å². The van der Waals surface area contributed by atoms with Crippen LogP contribution in [0.1, 0.15) is 44.2 Å². The molecule has 6 heteroatoms. The molecule has 29 heavy (non-hydrogen) atoms. The third-order valence-electron chi connectivity index (χ3n) is 7.19. The predicted molar refractivity (Wildman–Crippen MR) is 114 cm³/mol. The van der Waals surface area contributed by atoms with Gasteiger partial charge in [-0.1, -0.05) is 18.9 Å². The molecule has 0 unspecified atom stereocenters. The van der Waals surface area contributed by atoms with Gasteiger partial charge in [-0.25, -0.2) is 4.98 Å². The van der Waals surface area contributed by atoms with E-state index in [0.717, 1.165) is 56.5 Å². The van der Waals surface area contributed by atoms with Crippen LogP contribution in [-0.4, -0.2) is 75.3 Å². The molecule has 0 N–H and O–H groups in total. The van der Waals surface area contributed by atoms with Gasteiger partial charge >= 0.3 is 0 Å². The highest BCUT2D eigenvalue weighted by Crippen LogP contribution is 2.35. The van der Waals surface area contributed by atoms with Crippen molar-refractivity contribution in [1.82, 2.24) is 24.1 Å². The quantitative estimate of drug-likeness (QED) is 0.798. The van der Waals surface area contributed by atoms with E-state index in [1.165, 1.54) is 38.5 Å². The van der Waals surface area contributed by atoms with Crippen LogP contribution >= 0.6 is 0 Å². The highest BCUT2D eigenvalue weighted by Gasteiger charge is 2.36. The van der Waals surface area contributed by atoms with E-state index in [1.54, 1.807) is 0 Å². The topological polar surface area (TPSA) is 44.1 Å². The lowest BCUT2D eigenvalue weighted by Crippen LogP contribution is -2.54. The normalized spacial score (nSPS) is 26.6. The molecular weight excluding hydrogens is 362 g/mol. The number of hydrogen-bond donors (Lipinski definition) is 0. The standard InChI is InChI=1S/C23H33N5O/c29-23(28-11-5-7-19-6-1-2-8-21(19)28)18-26-14-12-25(13-15-26)16-20-17-27-10-4-3-9-22(27)24-20/h3-4,9-10,17,19,21H,1-2,5-8,11-16,18H2/t19-,21-/m1/s1. The second kappa shape index (κ2) is 8.44. The van der Waals surface area contributed by atoms with E-state index in [-0.39, 0.29) is 0 Å². The summed E-state index contributed by atoms with van der Waals surface area (Å²) in [7, 11) is 0. The number of hydrogen-bond acceptors (Lipinski definition) is 4. The molecule has 2 saturated heterocycles. The summed E-state index contributed by atoms with van der Waals surface area (Å²) in [4.78, 5) is 24.8. The number of imidazole rings is 1. The molecule has 6 nitrogen and oxygen atoms in total. The van der Waals surface area contributed by atoms with Gasteiger partial charge in [-0.15, -0.1) is 0 Å². The molecular formula is C23H33N5O. The van der Waals surface area contributed by atoms with Gasteiger partial charge in [-0.2, -0.15) is 0 Å². The van der Waals surface area contributed by atoms with Crippen LogP contribution in [-0.2, 0) is 11.3 Å². The number of aromatic nitrogens is 2. The summed E-state index contributed by atoms with van der Waals surface area (Å²) in [5, 5.41) is 0. The molecule has 156 valence electrons. The van der Waals surface area contributed by atoms with E-state index in [0.29, 0.717) is 18.5 Å². The smallest absolute Gasteiger partial charge is 0.237 e. The molecule has 5 rings (SSSR count). The summed E-state index contributed by atoms with van der Waals surface area (Å²) in [5.74, 6) is 1.14. The van der Waals surface area contributed by atoms with Gasteiger partial charge in [0.2, 0.25) is 5.91 Å². The Morgan fingerprint density at radius 2 is 1.76 bits per heavy atom. The van der Waals surface area contributed by atoms with E-state index in [4.69, 9.17) is 4.98 Å². The van der Waals surface area contributed by atoms with Crippen molar-refractivity contribution >= 4 is 11.6 Å². The Morgan fingerprint density at radius 1 is 0.966 bits per heavy atom. The molecule has 1 amide bonds. The van der Waals surface area contributed by atoms with Crippen molar-refractivity contribution in [2.45, 2.75) is 51.1 Å². The molecule has 0 aromatic carbocycles. The molecule has 0 radical (unpaired) electrons. The van der Waals surface area contributed by atoms with Gasteiger partial charge < -0.3 is 9.30 Å². The Labute approximate surface area is 173 Å². The minimum Gasteiger partial charge on any atom is -0.338 e. The minimum atomic E-state index is 0.371. The Balaban J connectivity index is 1.12. The number of likely N-dealkylation sites (tertiary alicyclic amines) is 1. The minimum absolute atomic E-state index is 0.371. The van der Waals surface area contributed by atoms with E-state index in [9.17, 15) is 4.79 Å². The van der Waals surface area contributed by atoms with E-state index in [1.807, 2.05) is 24.4 Å². The molecule has 3 aliphatic rings. The Kier molecular flexibility index (Phi) is 5.55. The number of nitrogens with zero attached hydrogens (tertiary/aromatic N) is 5. The zero-order chi connectivity index (χ0) is 19.6. The van der Waals surface area contributed by atoms with Crippen LogP contribution < -0.4 is 0 Å². The first-order valence-corrected chi connectivity index (χ1v) is 11.4. The van der Waals surface area contributed by atoms with Crippen LogP contribution in [0.3, 0.4) is 0 Å². The molecule has 1 aliphatic carbocycles. The largest absolute Gasteiger partial charge is 0.338 e. The molecule has 0 bridgehead atoms. The van der Waals surface area contributed by atoms with Crippen molar-refractivity contribution in [2.75, 3.05) is 39.3 Å². The number of piperidine rings is 1. The number of carbonyl (C=O) groups is 1. The van der Waals surface area contributed by atoms with Crippen LogP contribution in [0.25, 0.3) is 5.65 Å². The maximum absolute atomic E-state index is 13.1. The Bertz CT molecular complexity index is 806. The first-order chi connectivity index (χ1) is 14.3.